The molecular formula is C21H18N6O2S. The predicted molar refractivity (Wildman–Crippen MR) is 115 cm³/mol. The van der Waals surface area contributed by atoms with Gasteiger partial charge < -0.3 is 4.98 Å². The van der Waals surface area contributed by atoms with Crippen molar-refractivity contribution in [2.45, 2.75) is 18.7 Å². The van der Waals surface area contributed by atoms with Crippen molar-refractivity contribution >= 4 is 31.8 Å². The van der Waals surface area contributed by atoms with Crippen LogP contribution in [0.15, 0.2) is 53.6 Å². The van der Waals surface area contributed by atoms with Crippen LogP contribution in [0.5, 0.6) is 0 Å². The number of hydrogen-bond donors (Lipinski definition) is 2. The normalized spacial score (nSPS) is 12.1. The number of hydrogen-bond acceptors (Lipinski definition) is 6. The number of aromatic amines is 2. The second kappa shape index (κ2) is 6.74. The summed E-state index contributed by atoms with van der Waals surface area (Å²) in [6.07, 6.45) is 1.81. The largest absolute Gasteiger partial charge is 0.339 e. The lowest BCUT2D eigenvalue weighted by molar-refractivity contribution is 0.597. The van der Waals surface area contributed by atoms with Crippen molar-refractivity contribution in [3.8, 4) is 22.5 Å². The molecule has 0 unspecified atom stereocenters. The molecule has 0 aliphatic carbocycles. The van der Waals surface area contributed by atoms with Gasteiger partial charge in [-0.15, -0.1) is 10.2 Å². The second-order valence-electron chi connectivity index (χ2n) is 7.15. The van der Waals surface area contributed by atoms with Crippen molar-refractivity contribution in [1.29, 1.82) is 0 Å². The molecule has 30 heavy (non-hydrogen) atoms. The van der Waals surface area contributed by atoms with Crippen LogP contribution in [0.2, 0.25) is 0 Å². The van der Waals surface area contributed by atoms with E-state index in [0.29, 0.717) is 10.7 Å². The summed E-state index contributed by atoms with van der Waals surface area (Å²) in [6, 6.07) is 13.0. The van der Waals surface area contributed by atoms with Gasteiger partial charge in [-0.1, -0.05) is 19.1 Å². The number of sulfone groups is 1. The molecule has 0 spiro atoms. The van der Waals surface area contributed by atoms with Crippen LogP contribution in [0, 0.1) is 6.92 Å². The van der Waals surface area contributed by atoms with E-state index in [9.17, 15) is 8.42 Å². The fourth-order valence-electron chi connectivity index (χ4n) is 3.68. The highest BCUT2D eigenvalue weighted by Crippen LogP contribution is 2.38. The molecule has 0 atom stereocenters. The first kappa shape index (κ1) is 18.4. The monoisotopic (exact) mass is 418 g/mol. The minimum atomic E-state index is -3.33. The zero-order valence-corrected chi connectivity index (χ0v) is 17.2. The van der Waals surface area contributed by atoms with E-state index in [0.717, 1.165) is 44.2 Å². The summed E-state index contributed by atoms with van der Waals surface area (Å²) in [6.45, 7) is 3.64. The van der Waals surface area contributed by atoms with Gasteiger partial charge in [-0.25, -0.2) is 13.4 Å². The number of aromatic nitrogens is 6. The number of benzene rings is 2. The summed E-state index contributed by atoms with van der Waals surface area (Å²) in [4.78, 5) is 8.17. The highest BCUT2D eigenvalue weighted by molar-refractivity contribution is 7.91. The number of tetrazole rings is 1. The first-order valence-corrected chi connectivity index (χ1v) is 11.1. The Bertz CT molecular complexity index is 1500. The fraction of sp³-hybridized carbons (Fsp3) is 0.143. The molecule has 0 saturated carbocycles. The summed E-state index contributed by atoms with van der Waals surface area (Å²) in [5.41, 5.74) is 5.10. The standard InChI is InChI=1S/C21H18N6O2S/c1-3-30(28,29)15-6-4-5-13(8-15)16-9-14(20-24-26-27-25-20)10-18-19(16)17-7-12(2)11-22-21(17)23-18/h4-11H,3H2,1-2H3,(H,22,23)(H,24,25,26,27). The maximum Gasteiger partial charge on any atom is 0.204 e. The van der Waals surface area contributed by atoms with Crippen LogP contribution >= 0.6 is 0 Å². The molecule has 3 heterocycles. The van der Waals surface area contributed by atoms with E-state index in [2.05, 4.69) is 36.7 Å². The zero-order chi connectivity index (χ0) is 20.9. The number of H-pyrrole nitrogens is 2. The maximum atomic E-state index is 12.5. The second-order valence-corrected chi connectivity index (χ2v) is 9.43. The van der Waals surface area contributed by atoms with Crippen LogP contribution in [-0.2, 0) is 9.84 Å². The van der Waals surface area contributed by atoms with E-state index in [1.54, 1.807) is 25.1 Å². The van der Waals surface area contributed by atoms with Crippen molar-refractivity contribution in [1.82, 2.24) is 30.6 Å². The number of fused-ring (bicyclic) bond motifs is 3. The molecular weight excluding hydrogens is 400 g/mol. The Kier molecular flexibility index (Phi) is 4.14. The molecule has 0 fully saturated rings. The number of nitrogens with zero attached hydrogens (tertiary/aromatic N) is 4. The van der Waals surface area contributed by atoms with E-state index in [4.69, 9.17) is 0 Å². The van der Waals surface area contributed by atoms with Gasteiger partial charge in [0.25, 0.3) is 0 Å². The molecule has 9 heteroatoms. The molecule has 0 aliphatic rings. The highest BCUT2D eigenvalue weighted by Gasteiger charge is 2.18. The smallest absolute Gasteiger partial charge is 0.204 e. The minimum Gasteiger partial charge on any atom is -0.339 e. The Morgan fingerprint density at radius 1 is 1.07 bits per heavy atom. The third kappa shape index (κ3) is 2.94. The third-order valence-corrected chi connectivity index (χ3v) is 6.91. The SMILES string of the molecule is CCS(=O)(=O)c1cccc(-c2cc(-c3nn[nH]n3)cc3[nH]c4ncc(C)cc4c23)c1. The van der Waals surface area contributed by atoms with Crippen LogP contribution in [0.4, 0.5) is 0 Å². The molecule has 0 saturated heterocycles. The molecule has 0 radical (unpaired) electrons. The molecule has 3 aromatic heterocycles. The van der Waals surface area contributed by atoms with Gasteiger partial charge in [-0.2, -0.15) is 5.21 Å². The molecule has 2 N–H and O–H groups in total. The van der Waals surface area contributed by atoms with E-state index in [1.165, 1.54) is 0 Å². The predicted octanol–water partition coefficient (Wildman–Crippen LogP) is 3.67. The fourth-order valence-corrected chi connectivity index (χ4v) is 4.61. The first-order valence-electron chi connectivity index (χ1n) is 9.45. The van der Waals surface area contributed by atoms with Crippen LogP contribution < -0.4 is 0 Å². The van der Waals surface area contributed by atoms with Gasteiger partial charge in [0.2, 0.25) is 5.82 Å². The van der Waals surface area contributed by atoms with Gasteiger partial charge in [0.1, 0.15) is 5.65 Å². The highest BCUT2D eigenvalue weighted by atomic mass is 32.2. The topological polar surface area (TPSA) is 117 Å². The average Bonchev–Trinajstić information content (AvgIpc) is 3.41. The van der Waals surface area contributed by atoms with Gasteiger partial charge in [-0.05, 0) is 59.2 Å². The Balaban J connectivity index is 1.87. The van der Waals surface area contributed by atoms with Crippen LogP contribution in [0.1, 0.15) is 12.5 Å². The lowest BCUT2D eigenvalue weighted by atomic mass is 9.97. The lowest BCUT2D eigenvalue weighted by Crippen LogP contribution is -2.03. The van der Waals surface area contributed by atoms with E-state index < -0.39 is 9.84 Å². The summed E-state index contributed by atoms with van der Waals surface area (Å²) < 4.78 is 24.9. The van der Waals surface area contributed by atoms with E-state index >= 15 is 0 Å². The average molecular weight is 418 g/mol. The molecule has 8 nitrogen and oxygen atoms in total. The third-order valence-electron chi connectivity index (χ3n) is 5.17. The van der Waals surface area contributed by atoms with Gasteiger partial charge in [0.05, 0.1) is 10.6 Å². The summed E-state index contributed by atoms with van der Waals surface area (Å²) in [5.74, 6) is 0.503. The van der Waals surface area contributed by atoms with Gasteiger partial charge in [-0.3, -0.25) is 0 Å². The van der Waals surface area contributed by atoms with Crippen molar-refractivity contribution in [3.63, 3.8) is 0 Å². The van der Waals surface area contributed by atoms with Crippen LogP contribution in [0.25, 0.3) is 44.5 Å². The Morgan fingerprint density at radius 2 is 1.93 bits per heavy atom. The van der Waals surface area contributed by atoms with Crippen molar-refractivity contribution in [2.24, 2.45) is 0 Å². The summed E-state index contributed by atoms with van der Waals surface area (Å²) in [7, 11) is -3.33. The Labute approximate surface area is 172 Å². The maximum absolute atomic E-state index is 12.5. The molecule has 5 aromatic rings. The zero-order valence-electron chi connectivity index (χ0n) is 16.3. The molecule has 5 rings (SSSR count). The molecule has 2 aromatic carbocycles. The van der Waals surface area contributed by atoms with E-state index in [1.807, 2.05) is 31.3 Å². The van der Waals surface area contributed by atoms with Gasteiger partial charge in [0.15, 0.2) is 9.84 Å². The Hall–Kier alpha value is -3.59. The lowest BCUT2D eigenvalue weighted by Gasteiger charge is -2.09. The quantitative estimate of drug-likeness (QED) is 0.460. The molecule has 0 bridgehead atoms. The molecule has 0 aliphatic heterocycles. The molecule has 0 amide bonds. The van der Waals surface area contributed by atoms with Crippen LogP contribution in [-0.4, -0.2) is 44.8 Å². The summed E-state index contributed by atoms with van der Waals surface area (Å²) >= 11 is 0. The van der Waals surface area contributed by atoms with Gasteiger partial charge in [0, 0.05) is 28.0 Å². The number of nitrogens with one attached hydrogen (secondary N) is 2. The summed E-state index contributed by atoms with van der Waals surface area (Å²) in [5, 5.41) is 16.3. The Morgan fingerprint density at radius 3 is 2.70 bits per heavy atom. The number of pyridine rings is 1. The van der Waals surface area contributed by atoms with Crippen LogP contribution in [0.3, 0.4) is 0 Å². The minimum absolute atomic E-state index is 0.0466. The van der Waals surface area contributed by atoms with Crippen molar-refractivity contribution in [3.05, 3.63) is 54.2 Å². The first-order chi connectivity index (χ1) is 14.5. The molecule has 150 valence electrons. The van der Waals surface area contributed by atoms with Crippen molar-refractivity contribution in [2.75, 3.05) is 5.75 Å². The van der Waals surface area contributed by atoms with E-state index in [-0.39, 0.29) is 5.75 Å². The van der Waals surface area contributed by atoms with Gasteiger partial charge >= 0.3 is 0 Å². The number of aryl methyl sites for hydroxylation is 1. The van der Waals surface area contributed by atoms with Crippen molar-refractivity contribution < 1.29 is 8.42 Å². The number of rotatable bonds is 4.